The van der Waals surface area contributed by atoms with Crippen LogP contribution in [-0.2, 0) is 10.8 Å². The van der Waals surface area contributed by atoms with Gasteiger partial charge in [0.25, 0.3) is 0 Å². The number of benzene rings is 8. The van der Waals surface area contributed by atoms with Crippen LogP contribution < -0.4 is 4.90 Å². The molecule has 0 amide bonds. The lowest BCUT2D eigenvalue weighted by Gasteiger charge is -2.30. The van der Waals surface area contributed by atoms with Gasteiger partial charge in [0.2, 0.25) is 0 Å². The molecular formula is C55H40N2S. The quantitative estimate of drug-likeness (QED) is 0.166. The molecule has 12 rings (SSSR count). The highest BCUT2D eigenvalue weighted by atomic mass is 32.1. The largest absolute Gasteiger partial charge is 0.310 e. The molecule has 0 unspecified atom stereocenters. The fourth-order valence-corrected chi connectivity index (χ4v) is 11.6. The molecule has 0 radical (unpaired) electrons. The predicted molar refractivity (Wildman–Crippen MR) is 247 cm³/mol. The molecule has 10 aromatic rings. The molecule has 276 valence electrons. The molecule has 2 aliphatic rings. The second-order valence-electron chi connectivity index (χ2n) is 17.1. The van der Waals surface area contributed by atoms with E-state index >= 15 is 0 Å². The molecule has 0 spiro atoms. The minimum Gasteiger partial charge on any atom is -0.310 e. The first-order chi connectivity index (χ1) is 28.3. The molecule has 2 aliphatic carbocycles. The molecule has 0 saturated carbocycles. The Morgan fingerprint density at radius 2 is 0.948 bits per heavy atom. The molecule has 0 bridgehead atoms. The molecule has 58 heavy (non-hydrogen) atoms. The normalized spacial score (nSPS) is 14.5. The molecule has 0 aliphatic heterocycles. The first kappa shape index (κ1) is 33.6. The Bertz CT molecular complexity index is 3240. The third kappa shape index (κ3) is 4.62. The van der Waals surface area contributed by atoms with Crippen molar-refractivity contribution in [3.05, 3.63) is 192 Å². The minimum absolute atomic E-state index is 0.109. The monoisotopic (exact) mass is 760 g/mol. The summed E-state index contributed by atoms with van der Waals surface area (Å²) in [7, 11) is 0. The molecular weight excluding hydrogens is 721 g/mol. The summed E-state index contributed by atoms with van der Waals surface area (Å²) in [6.45, 7) is 9.46. The van der Waals surface area contributed by atoms with Crippen molar-refractivity contribution in [3.8, 4) is 33.5 Å². The number of fused-ring (bicyclic) bond motifs is 13. The van der Waals surface area contributed by atoms with Crippen LogP contribution in [0.3, 0.4) is 0 Å². The van der Waals surface area contributed by atoms with Crippen LogP contribution in [0.15, 0.2) is 170 Å². The molecule has 0 fully saturated rings. The van der Waals surface area contributed by atoms with Gasteiger partial charge in [0.1, 0.15) is 0 Å². The smallest absolute Gasteiger partial charge is 0.0788 e. The topological polar surface area (TPSA) is 16.1 Å². The third-order valence-corrected chi connectivity index (χ3v) is 14.5. The summed E-state index contributed by atoms with van der Waals surface area (Å²) in [5, 5.41) is 6.29. The number of hydrogen-bond acceptors (Lipinski definition) is 3. The standard InChI is InChI=1S/C55H40N2S/c1-54(2)45-17-9-5-13-37(45)39-27-25-35(31-47(39)54)57(36-26-28-40-38-14-6-10-18-46(38)55(3,4)48(40)32-36)34-23-21-33(22-24-34)52-44-30-29-42-41-15-8-12-20-50(41)58-53(42)51(44)43-16-7-11-19-49(43)56-52/h5-32H,1-4H3. The Morgan fingerprint density at radius 1 is 0.431 bits per heavy atom. The summed E-state index contributed by atoms with van der Waals surface area (Å²) in [4.78, 5) is 7.82. The van der Waals surface area contributed by atoms with E-state index in [1.165, 1.54) is 80.8 Å². The van der Waals surface area contributed by atoms with Crippen LogP contribution in [0.1, 0.15) is 49.9 Å². The van der Waals surface area contributed by atoms with E-state index in [4.69, 9.17) is 4.98 Å². The van der Waals surface area contributed by atoms with E-state index in [9.17, 15) is 0 Å². The summed E-state index contributed by atoms with van der Waals surface area (Å²) in [6.07, 6.45) is 0. The molecule has 2 nitrogen and oxygen atoms in total. The van der Waals surface area contributed by atoms with Crippen LogP contribution in [0.25, 0.3) is 75.4 Å². The minimum atomic E-state index is -0.109. The molecule has 0 N–H and O–H groups in total. The highest BCUT2D eigenvalue weighted by molar-refractivity contribution is 7.26. The zero-order valence-electron chi connectivity index (χ0n) is 33.0. The average molecular weight is 761 g/mol. The Morgan fingerprint density at radius 3 is 1.60 bits per heavy atom. The number of hydrogen-bond donors (Lipinski definition) is 0. The average Bonchev–Trinajstić information content (AvgIpc) is 3.83. The number of para-hydroxylation sites is 1. The fourth-order valence-electron chi connectivity index (χ4n) is 10.3. The van der Waals surface area contributed by atoms with E-state index in [1.54, 1.807) is 0 Å². The fraction of sp³-hybridized carbons (Fsp3) is 0.109. The molecule has 0 atom stereocenters. The molecule has 2 aromatic heterocycles. The van der Waals surface area contributed by atoms with Crippen molar-refractivity contribution in [2.24, 2.45) is 0 Å². The van der Waals surface area contributed by atoms with Gasteiger partial charge in [-0.15, -0.1) is 11.3 Å². The lowest BCUT2D eigenvalue weighted by Crippen LogP contribution is -2.18. The Kier molecular flexibility index (Phi) is 6.94. The van der Waals surface area contributed by atoms with Crippen molar-refractivity contribution >= 4 is 70.2 Å². The van der Waals surface area contributed by atoms with Gasteiger partial charge in [-0.3, -0.25) is 0 Å². The van der Waals surface area contributed by atoms with Crippen molar-refractivity contribution in [2.75, 3.05) is 4.90 Å². The second kappa shape index (κ2) is 12.0. The highest BCUT2D eigenvalue weighted by Crippen LogP contribution is 2.53. The van der Waals surface area contributed by atoms with Crippen molar-refractivity contribution in [1.82, 2.24) is 4.98 Å². The van der Waals surface area contributed by atoms with Crippen LogP contribution >= 0.6 is 11.3 Å². The number of pyridine rings is 1. The van der Waals surface area contributed by atoms with E-state index < -0.39 is 0 Å². The van der Waals surface area contributed by atoms with Crippen molar-refractivity contribution < 1.29 is 0 Å². The number of anilines is 3. The number of rotatable bonds is 4. The van der Waals surface area contributed by atoms with Gasteiger partial charge in [0.15, 0.2) is 0 Å². The van der Waals surface area contributed by atoms with E-state index in [-0.39, 0.29) is 10.8 Å². The van der Waals surface area contributed by atoms with Crippen molar-refractivity contribution in [2.45, 2.75) is 38.5 Å². The van der Waals surface area contributed by atoms with Gasteiger partial charge in [-0.2, -0.15) is 0 Å². The van der Waals surface area contributed by atoms with Gasteiger partial charge in [0, 0.05) is 69.8 Å². The first-order valence-corrected chi connectivity index (χ1v) is 21.1. The maximum Gasteiger partial charge on any atom is 0.0788 e. The van der Waals surface area contributed by atoms with Crippen LogP contribution in [0.5, 0.6) is 0 Å². The van der Waals surface area contributed by atoms with E-state index in [0.717, 1.165) is 33.8 Å². The van der Waals surface area contributed by atoms with Crippen molar-refractivity contribution in [1.29, 1.82) is 0 Å². The SMILES string of the molecule is CC1(C)c2ccccc2-c2ccc(N(c3ccc(-c4nc5ccccc5c5c4ccc4c6ccccc6sc45)cc3)c3ccc4c(c3)C(C)(C)c3ccccc3-4)cc21. The van der Waals surface area contributed by atoms with E-state index in [2.05, 4.69) is 202 Å². The first-order valence-electron chi connectivity index (χ1n) is 20.3. The maximum absolute atomic E-state index is 5.37. The van der Waals surface area contributed by atoms with E-state index in [0.29, 0.717) is 0 Å². The van der Waals surface area contributed by atoms with Crippen LogP contribution in [-0.4, -0.2) is 4.98 Å². The molecule has 2 heterocycles. The van der Waals surface area contributed by atoms with Crippen molar-refractivity contribution in [3.63, 3.8) is 0 Å². The third-order valence-electron chi connectivity index (χ3n) is 13.3. The zero-order chi connectivity index (χ0) is 38.9. The van der Waals surface area contributed by atoms with Crippen LogP contribution in [0.2, 0.25) is 0 Å². The Balaban J connectivity index is 1.04. The predicted octanol–water partition coefficient (Wildman–Crippen LogP) is 15.5. The summed E-state index contributed by atoms with van der Waals surface area (Å²) >= 11 is 1.89. The number of nitrogens with zero attached hydrogens (tertiary/aromatic N) is 2. The molecule has 3 heteroatoms. The van der Waals surface area contributed by atoms with Crippen LogP contribution in [0.4, 0.5) is 17.1 Å². The Labute approximate surface area is 342 Å². The number of thiophene rings is 1. The zero-order valence-corrected chi connectivity index (χ0v) is 33.8. The summed E-state index contributed by atoms with van der Waals surface area (Å²) in [5.41, 5.74) is 17.2. The molecule has 0 saturated heterocycles. The van der Waals surface area contributed by atoms with Gasteiger partial charge in [0.05, 0.1) is 11.2 Å². The number of aromatic nitrogens is 1. The summed E-state index contributed by atoms with van der Waals surface area (Å²) in [5.74, 6) is 0. The molecule has 8 aromatic carbocycles. The van der Waals surface area contributed by atoms with Gasteiger partial charge in [-0.1, -0.05) is 149 Å². The second-order valence-corrected chi connectivity index (χ2v) is 18.2. The van der Waals surface area contributed by atoms with Gasteiger partial charge in [-0.25, -0.2) is 4.98 Å². The van der Waals surface area contributed by atoms with Crippen LogP contribution in [0, 0.1) is 0 Å². The summed E-state index contributed by atoms with van der Waals surface area (Å²) in [6, 6.07) is 63.1. The maximum atomic E-state index is 5.37. The highest BCUT2D eigenvalue weighted by Gasteiger charge is 2.37. The van der Waals surface area contributed by atoms with Gasteiger partial charge >= 0.3 is 0 Å². The van der Waals surface area contributed by atoms with Gasteiger partial charge in [-0.05, 0) is 93.0 Å². The lowest BCUT2D eigenvalue weighted by atomic mass is 9.82. The lowest BCUT2D eigenvalue weighted by molar-refractivity contribution is 0.660. The Hall–Kier alpha value is -6.55. The summed E-state index contributed by atoms with van der Waals surface area (Å²) < 4.78 is 2.64. The van der Waals surface area contributed by atoms with Gasteiger partial charge < -0.3 is 4.90 Å². The van der Waals surface area contributed by atoms with E-state index in [1.807, 2.05) is 11.3 Å².